The van der Waals surface area contributed by atoms with Crippen LogP contribution < -0.4 is 10.9 Å². The molecule has 0 aliphatic heterocycles. The van der Waals surface area contributed by atoms with E-state index in [-0.39, 0.29) is 34.4 Å². The third-order valence-electron chi connectivity index (χ3n) is 5.13. The number of nitrogens with one attached hydrogen (secondary N) is 2. The molecule has 8 heteroatoms. The van der Waals surface area contributed by atoms with E-state index in [1.807, 2.05) is 0 Å². The summed E-state index contributed by atoms with van der Waals surface area (Å²) in [6, 6.07) is 2.94. The summed E-state index contributed by atoms with van der Waals surface area (Å²) in [5.41, 5.74) is 0.132. The summed E-state index contributed by atoms with van der Waals surface area (Å²) in [6.07, 6.45) is 3.44. The number of H-pyrrole nitrogens is 1. The number of carbonyl (C=O) groups excluding carboxylic acids is 1. The van der Waals surface area contributed by atoms with E-state index in [2.05, 4.69) is 10.3 Å². The van der Waals surface area contributed by atoms with Crippen LogP contribution in [-0.2, 0) is 9.53 Å². The van der Waals surface area contributed by atoms with Crippen LogP contribution in [0.1, 0.15) is 38.5 Å². The molecule has 2 saturated carbocycles. The van der Waals surface area contributed by atoms with Gasteiger partial charge in [-0.25, -0.2) is 4.39 Å². The van der Waals surface area contributed by atoms with Gasteiger partial charge in [-0.05, 0) is 44.6 Å². The van der Waals surface area contributed by atoms with Crippen LogP contribution >= 0.6 is 23.2 Å². The fraction of sp³-hybridized carbons (Fsp3) is 0.667. The third-order valence-corrected chi connectivity index (χ3v) is 6.22. The second kappa shape index (κ2) is 8.72. The largest absolute Gasteiger partial charge is 0.374 e. The lowest BCUT2D eigenvalue weighted by Gasteiger charge is -2.38. The fourth-order valence-electron chi connectivity index (χ4n) is 3.66. The second-order valence-corrected chi connectivity index (χ2v) is 8.21. The predicted molar refractivity (Wildman–Crippen MR) is 99.7 cm³/mol. The number of hydrogen-bond acceptors (Lipinski definition) is 3. The number of pyridine rings is 1. The number of alkyl halides is 3. The highest BCUT2D eigenvalue weighted by Gasteiger charge is 2.41. The van der Waals surface area contributed by atoms with Crippen molar-refractivity contribution in [3.05, 3.63) is 28.7 Å². The molecule has 1 aromatic rings. The zero-order chi connectivity index (χ0) is 18.7. The van der Waals surface area contributed by atoms with Crippen molar-refractivity contribution in [3.8, 4) is 0 Å². The van der Waals surface area contributed by atoms with Crippen molar-refractivity contribution in [2.75, 3.05) is 5.32 Å². The van der Waals surface area contributed by atoms with Crippen LogP contribution in [0.25, 0.3) is 0 Å². The molecule has 26 heavy (non-hydrogen) atoms. The first-order chi connectivity index (χ1) is 12.4. The number of ether oxygens (including phenoxy) is 1. The number of amides is 1. The average molecular weight is 405 g/mol. The van der Waals surface area contributed by atoms with Gasteiger partial charge in [0.15, 0.2) is 0 Å². The Morgan fingerprint density at radius 1 is 1.19 bits per heavy atom. The summed E-state index contributed by atoms with van der Waals surface area (Å²) < 4.78 is 19.5. The van der Waals surface area contributed by atoms with Crippen molar-refractivity contribution in [1.29, 1.82) is 0 Å². The summed E-state index contributed by atoms with van der Waals surface area (Å²) in [6.45, 7) is 0. The van der Waals surface area contributed by atoms with Crippen LogP contribution in [0, 0.1) is 5.92 Å². The molecule has 0 saturated heterocycles. The molecule has 0 bridgehead atoms. The van der Waals surface area contributed by atoms with Gasteiger partial charge < -0.3 is 15.0 Å². The smallest absolute Gasteiger partial charge is 0.249 e. The molecular weight excluding hydrogens is 382 g/mol. The van der Waals surface area contributed by atoms with Gasteiger partial charge in [-0.1, -0.05) is 0 Å². The molecule has 1 aromatic heterocycles. The molecule has 2 aliphatic rings. The quantitative estimate of drug-likeness (QED) is 0.752. The second-order valence-electron chi connectivity index (χ2n) is 7.09. The summed E-state index contributed by atoms with van der Waals surface area (Å²) in [7, 11) is 0. The molecule has 2 aliphatic carbocycles. The zero-order valence-electron chi connectivity index (χ0n) is 14.3. The zero-order valence-corrected chi connectivity index (χ0v) is 15.8. The molecule has 4 unspecified atom stereocenters. The van der Waals surface area contributed by atoms with E-state index in [0.717, 1.165) is 0 Å². The van der Waals surface area contributed by atoms with Crippen LogP contribution in [-0.4, -0.2) is 40.0 Å². The Bertz CT molecular complexity index is 678. The first kappa shape index (κ1) is 19.6. The number of carbonyl (C=O) groups is 1. The number of aromatic amines is 1. The van der Waals surface area contributed by atoms with Crippen LogP contribution in [0.3, 0.4) is 0 Å². The molecule has 1 heterocycles. The summed E-state index contributed by atoms with van der Waals surface area (Å²) >= 11 is 12.6. The summed E-state index contributed by atoms with van der Waals surface area (Å²) in [5.74, 6) is -0.705. The molecule has 2 fully saturated rings. The van der Waals surface area contributed by atoms with E-state index >= 15 is 0 Å². The molecule has 0 radical (unpaired) electrons. The minimum absolute atomic E-state index is 0.0578. The highest BCUT2D eigenvalue weighted by Crippen LogP contribution is 2.36. The van der Waals surface area contributed by atoms with Crippen molar-refractivity contribution < 1.29 is 13.9 Å². The van der Waals surface area contributed by atoms with Crippen LogP contribution in [0.2, 0.25) is 0 Å². The first-order valence-electron chi connectivity index (χ1n) is 8.99. The number of aromatic nitrogens is 1. The summed E-state index contributed by atoms with van der Waals surface area (Å²) in [5, 5.41) is 2.16. The van der Waals surface area contributed by atoms with E-state index in [0.29, 0.717) is 44.2 Å². The van der Waals surface area contributed by atoms with Gasteiger partial charge in [-0.15, -0.1) is 23.2 Å². The van der Waals surface area contributed by atoms with Crippen molar-refractivity contribution >= 4 is 34.8 Å². The molecular formula is C18H23Cl2FN2O3. The molecule has 1 amide bonds. The molecule has 4 atom stereocenters. The average Bonchev–Trinajstić information content (AvgIpc) is 2.60. The number of hydrogen-bond donors (Lipinski definition) is 2. The predicted octanol–water partition coefficient (Wildman–Crippen LogP) is 3.60. The van der Waals surface area contributed by atoms with E-state index in [1.165, 1.54) is 12.3 Å². The monoisotopic (exact) mass is 404 g/mol. The van der Waals surface area contributed by atoms with Crippen LogP contribution in [0.15, 0.2) is 23.1 Å². The normalized spacial score (nSPS) is 35.0. The first-order valence-corrected chi connectivity index (χ1v) is 9.87. The SMILES string of the molecule is O=C(Nc1cc[nH]c(=O)c1)C1CC(Cl)C(Cl)CC1OC1CCC(F)CC1. The lowest BCUT2D eigenvalue weighted by molar-refractivity contribution is -0.132. The number of anilines is 1. The number of halogens is 3. The van der Waals surface area contributed by atoms with E-state index < -0.39 is 12.1 Å². The maximum Gasteiger partial charge on any atom is 0.249 e. The topological polar surface area (TPSA) is 71.2 Å². The van der Waals surface area contributed by atoms with Crippen LogP contribution in [0.4, 0.5) is 10.1 Å². The minimum Gasteiger partial charge on any atom is -0.374 e. The van der Waals surface area contributed by atoms with Gasteiger partial charge in [0.25, 0.3) is 0 Å². The molecule has 5 nitrogen and oxygen atoms in total. The van der Waals surface area contributed by atoms with Gasteiger partial charge in [-0.3, -0.25) is 9.59 Å². The highest BCUT2D eigenvalue weighted by molar-refractivity contribution is 6.30. The van der Waals surface area contributed by atoms with Gasteiger partial charge in [0.2, 0.25) is 11.5 Å². The van der Waals surface area contributed by atoms with Crippen molar-refractivity contribution in [2.45, 2.75) is 67.7 Å². The van der Waals surface area contributed by atoms with Crippen molar-refractivity contribution in [2.24, 2.45) is 5.92 Å². The standard InChI is InChI=1S/C18H23Cl2FN2O3/c19-14-8-13(18(25)23-11-5-6-22-17(24)7-11)16(9-15(14)20)26-12-3-1-10(21)2-4-12/h5-7,10,12-16H,1-4,8-9H2,(H2,22,23,24,25). The lowest BCUT2D eigenvalue weighted by Crippen LogP contribution is -2.46. The molecule has 3 rings (SSSR count). The molecule has 144 valence electrons. The van der Waals surface area contributed by atoms with Gasteiger partial charge in [-0.2, -0.15) is 0 Å². The lowest BCUT2D eigenvalue weighted by atomic mass is 9.84. The molecule has 0 aromatic carbocycles. The Morgan fingerprint density at radius 3 is 2.58 bits per heavy atom. The van der Waals surface area contributed by atoms with Crippen molar-refractivity contribution in [1.82, 2.24) is 4.98 Å². The van der Waals surface area contributed by atoms with E-state index in [4.69, 9.17) is 27.9 Å². The highest BCUT2D eigenvalue weighted by atomic mass is 35.5. The Kier molecular flexibility index (Phi) is 6.59. The van der Waals surface area contributed by atoms with Gasteiger partial charge in [0.1, 0.15) is 6.17 Å². The van der Waals surface area contributed by atoms with E-state index in [1.54, 1.807) is 6.07 Å². The van der Waals surface area contributed by atoms with E-state index in [9.17, 15) is 14.0 Å². The summed E-state index contributed by atoms with van der Waals surface area (Å²) in [4.78, 5) is 26.7. The minimum atomic E-state index is -0.760. The van der Waals surface area contributed by atoms with Crippen molar-refractivity contribution in [3.63, 3.8) is 0 Å². The number of rotatable bonds is 4. The Labute approximate surface area is 161 Å². The Hall–Kier alpha value is -1.11. The van der Waals surface area contributed by atoms with Gasteiger partial charge in [0.05, 0.1) is 28.9 Å². The van der Waals surface area contributed by atoms with Gasteiger partial charge in [0, 0.05) is 18.0 Å². The fourth-order valence-corrected chi connectivity index (χ4v) is 4.24. The van der Waals surface area contributed by atoms with Gasteiger partial charge >= 0.3 is 0 Å². The maximum absolute atomic E-state index is 13.3. The maximum atomic E-state index is 13.3. The third kappa shape index (κ3) is 4.99. The Morgan fingerprint density at radius 2 is 1.88 bits per heavy atom. The van der Waals surface area contributed by atoms with Crippen LogP contribution in [0.5, 0.6) is 0 Å². The molecule has 0 spiro atoms. The Balaban J connectivity index is 1.68. The molecule has 2 N–H and O–H groups in total.